The van der Waals surface area contributed by atoms with Gasteiger partial charge in [0.1, 0.15) is 11.7 Å². The first-order chi connectivity index (χ1) is 14.5. The van der Waals surface area contributed by atoms with Crippen molar-refractivity contribution in [1.82, 2.24) is 4.90 Å². The van der Waals surface area contributed by atoms with Crippen LogP contribution >= 0.6 is 0 Å². The summed E-state index contributed by atoms with van der Waals surface area (Å²) >= 11 is 0. The van der Waals surface area contributed by atoms with E-state index in [0.717, 1.165) is 11.1 Å². The number of rotatable bonds is 7. The van der Waals surface area contributed by atoms with Crippen molar-refractivity contribution in [2.24, 2.45) is 0 Å². The summed E-state index contributed by atoms with van der Waals surface area (Å²) in [4.78, 5) is 27.2. The van der Waals surface area contributed by atoms with Crippen LogP contribution in [0.25, 0.3) is 0 Å². The third-order valence-corrected chi connectivity index (χ3v) is 4.83. The maximum atomic E-state index is 13.4. The molecule has 1 atom stereocenters. The Balaban J connectivity index is 1.72. The number of carbonyl (C=O) groups is 2. The van der Waals surface area contributed by atoms with Gasteiger partial charge >= 0.3 is 5.97 Å². The third-order valence-electron chi connectivity index (χ3n) is 4.83. The van der Waals surface area contributed by atoms with E-state index < -0.39 is 18.0 Å². The van der Waals surface area contributed by atoms with Gasteiger partial charge in [0.05, 0.1) is 0 Å². The first-order valence-electron chi connectivity index (χ1n) is 9.75. The fraction of sp³-hybridized carbons (Fsp3) is 0.200. The van der Waals surface area contributed by atoms with Gasteiger partial charge in [0.15, 0.2) is 6.10 Å². The lowest BCUT2D eigenvalue weighted by Gasteiger charge is -2.24. The maximum Gasteiger partial charge on any atom is 0.318 e. The van der Waals surface area contributed by atoms with Crippen LogP contribution in [0.1, 0.15) is 29.5 Å². The highest BCUT2D eigenvalue weighted by Gasteiger charge is 2.29. The normalized spacial score (nSPS) is 11.7. The summed E-state index contributed by atoms with van der Waals surface area (Å²) in [5.41, 5.74) is 2.25. The van der Waals surface area contributed by atoms with E-state index in [1.54, 1.807) is 26.1 Å². The van der Waals surface area contributed by atoms with Crippen LogP contribution in [-0.4, -0.2) is 29.9 Å². The highest BCUT2D eigenvalue weighted by molar-refractivity contribution is 5.87. The average Bonchev–Trinajstić information content (AvgIpc) is 2.75. The van der Waals surface area contributed by atoms with Crippen LogP contribution in [0.2, 0.25) is 0 Å². The molecule has 0 N–H and O–H groups in total. The van der Waals surface area contributed by atoms with Gasteiger partial charge in [0.2, 0.25) is 0 Å². The molecule has 0 saturated heterocycles. The van der Waals surface area contributed by atoms with Crippen LogP contribution in [0.3, 0.4) is 0 Å². The van der Waals surface area contributed by atoms with Gasteiger partial charge in [-0.2, -0.15) is 0 Å². The predicted molar refractivity (Wildman–Crippen MR) is 113 cm³/mol. The zero-order valence-electron chi connectivity index (χ0n) is 17.0. The molecule has 0 unspecified atom stereocenters. The summed E-state index contributed by atoms with van der Waals surface area (Å²) in [5.74, 6) is -1.84. The highest BCUT2D eigenvalue weighted by Crippen LogP contribution is 2.26. The van der Waals surface area contributed by atoms with Gasteiger partial charge in [-0.15, -0.1) is 0 Å². The van der Waals surface area contributed by atoms with Gasteiger partial charge in [-0.3, -0.25) is 9.59 Å². The van der Waals surface area contributed by atoms with Crippen molar-refractivity contribution >= 4 is 11.9 Å². The molecule has 0 aliphatic rings. The predicted octanol–water partition coefficient (Wildman–Crippen LogP) is 4.55. The van der Waals surface area contributed by atoms with E-state index in [-0.39, 0.29) is 18.3 Å². The molecule has 3 aromatic rings. The largest absolute Gasteiger partial charge is 0.452 e. The fourth-order valence-corrected chi connectivity index (χ4v) is 3.35. The molecule has 30 heavy (non-hydrogen) atoms. The minimum Gasteiger partial charge on any atom is -0.452 e. The van der Waals surface area contributed by atoms with Crippen molar-refractivity contribution in [1.29, 1.82) is 0 Å². The second-order valence-corrected chi connectivity index (χ2v) is 7.16. The maximum absolute atomic E-state index is 13.4. The second-order valence-electron chi connectivity index (χ2n) is 7.16. The van der Waals surface area contributed by atoms with Crippen molar-refractivity contribution in [3.05, 3.63) is 107 Å². The number of benzene rings is 3. The molecule has 0 fully saturated rings. The van der Waals surface area contributed by atoms with Gasteiger partial charge in [-0.1, -0.05) is 72.8 Å². The number of halogens is 1. The lowest BCUT2D eigenvalue weighted by atomic mass is 9.91. The number of amides is 1. The van der Waals surface area contributed by atoms with Gasteiger partial charge in [0, 0.05) is 13.6 Å². The van der Waals surface area contributed by atoms with Crippen LogP contribution in [0.15, 0.2) is 84.9 Å². The molecule has 0 spiro atoms. The summed E-state index contributed by atoms with van der Waals surface area (Å²) in [5, 5.41) is 0. The molecule has 0 aliphatic heterocycles. The number of hydrogen-bond acceptors (Lipinski definition) is 3. The molecule has 1 amide bonds. The van der Waals surface area contributed by atoms with Crippen molar-refractivity contribution in [2.75, 3.05) is 7.05 Å². The van der Waals surface area contributed by atoms with Crippen LogP contribution in [-0.2, 0) is 20.9 Å². The Morgan fingerprint density at radius 1 is 0.900 bits per heavy atom. The van der Waals surface area contributed by atoms with Gasteiger partial charge < -0.3 is 9.64 Å². The molecule has 0 saturated carbocycles. The Bertz CT molecular complexity index is 952. The van der Waals surface area contributed by atoms with E-state index in [1.165, 1.54) is 17.0 Å². The minimum absolute atomic E-state index is 0.222. The third kappa shape index (κ3) is 5.32. The number of nitrogens with zero attached hydrogens (tertiary/aromatic N) is 1. The van der Waals surface area contributed by atoms with Crippen LogP contribution < -0.4 is 0 Å². The monoisotopic (exact) mass is 405 g/mol. The number of ether oxygens (including phenoxy) is 1. The minimum atomic E-state index is -0.967. The first-order valence-corrected chi connectivity index (χ1v) is 9.75. The Morgan fingerprint density at radius 3 is 2.00 bits per heavy atom. The Kier molecular flexibility index (Phi) is 6.96. The van der Waals surface area contributed by atoms with E-state index in [4.69, 9.17) is 4.74 Å². The van der Waals surface area contributed by atoms with Crippen molar-refractivity contribution in [3.63, 3.8) is 0 Å². The summed E-state index contributed by atoms with van der Waals surface area (Å²) in [6.45, 7) is 1.77. The molecular formula is C25H24FNO3. The average molecular weight is 405 g/mol. The molecule has 0 aromatic heterocycles. The van der Waals surface area contributed by atoms with Crippen LogP contribution in [0.4, 0.5) is 4.39 Å². The summed E-state index contributed by atoms with van der Waals surface area (Å²) in [6, 6.07) is 24.7. The van der Waals surface area contributed by atoms with Gasteiger partial charge in [-0.25, -0.2) is 4.39 Å². The smallest absolute Gasteiger partial charge is 0.318 e. The Labute approximate surface area is 175 Å². The number of likely N-dealkylation sites (N-methyl/N-ethyl adjacent to an activating group) is 1. The summed E-state index contributed by atoms with van der Waals surface area (Å²) in [7, 11) is 1.60. The number of esters is 1. The fourth-order valence-electron chi connectivity index (χ4n) is 3.35. The molecule has 154 valence electrons. The topological polar surface area (TPSA) is 46.6 Å². The number of carbonyl (C=O) groups excluding carboxylic acids is 2. The summed E-state index contributed by atoms with van der Waals surface area (Å²) in [6.07, 6.45) is -0.967. The zero-order chi connectivity index (χ0) is 21.5. The first kappa shape index (κ1) is 21.2. The molecule has 3 rings (SSSR count). The van der Waals surface area contributed by atoms with E-state index in [9.17, 15) is 14.0 Å². The van der Waals surface area contributed by atoms with Crippen LogP contribution in [0.5, 0.6) is 0 Å². The Morgan fingerprint density at radius 2 is 1.47 bits per heavy atom. The molecule has 0 bridgehead atoms. The molecule has 4 nitrogen and oxygen atoms in total. The van der Waals surface area contributed by atoms with Gasteiger partial charge in [0.25, 0.3) is 5.91 Å². The van der Waals surface area contributed by atoms with Crippen molar-refractivity contribution in [2.45, 2.75) is 25.5 Å². The molecule has 0 aliphatic carbocycles. The number of hydrogen-bond donors (Lipinski definition) is 0. The molecule has 3 aromatic carbocycles. The van der Waals surface area contributed by atoms with Crippen molar-refractivity contribution < 1.29 is 18.7 Å². The quantitative estimate of drug-likeness (QED) is 0.542. The summed E-state index contributed by atoms with van der Waals surface area (Å²) < 4.78 is 18.9. The zero-order valence-corrected chi connectivity index (χ0v) is 17.0. The highest BCUT2D eigenvalue weighted by atomic mass is 19.1. The van der Waals surface area contributed by atoms with Gasteiger partial charge in [-0.05, 0) is 35.7 Å². The molecule has 0 heterocycles. The van der Waals surface area contributed by atoms with E-state index in [2.05, 4.69) is 0 Å². The Hall–Kier alpha value is -3.47. The molecule has 0 radical (unpaired) electrons. The van der Waals surface area contributed by atoms with E-state index in [0.29, 0.717) is 5.56 Å². The molecular weight excluding hydrogens is 381 g/mol. The van der Waals surface area contributed by atoms with Crippen molar-refractivity contribution in [3.8, 4) is 0 Å². The lowest BCUT2D eigenvalue weighted by molar-refractivity contribution is -0.159. The second kappa shape index (κ2) is 9.83. The van der Waals surface area contributed by atoms with E-state index in [1.807, 2.05) is 60.7 Å². The van der Waals surface area contributed by atoms with E-state index >= 15 is 0 Å². The lowest BCUT2D eigenvalue weighted by Crippen LogP contribution is -2.38. The van der Waals surface area contributed by atoms with Crippen LogP contribution in [0, 0.1) is 5.82 Å². The molecule has 5 heteroatoms. The standard InChI is InChI=1S/C25H24FNO3/c1-18(24(28)27(2)17-19-10-9-15-22(26)16-19)30-25(29)23(20-11-5-3-6-12-20)21-13-7-4-8-14-21/h3-16,18,23H,17H2,1-2H3/t18-/m1/s1. The SMILES string of the molecule is C[C@@H](OC(=O)C(c1ccccc1)c1ccccc1)C(=O)N(C)Cc1cccc(F)c1.